The largest absolute Gasteiger partial charge is 0.493 e. The quantitative estimate of drug-likeness (QED) is 0.239. The maximum absolute atomic E-state index is 12.4. The summed E-state index contributed by atoms with van der Waals surface area (Å²) in [5.74, 6) is 2.40. The zero-order valence-electron chi connectivity index (χ0n) is 26.2. The van der Waals surface area contributed by atoms with Gasteiger partial charge in [0.25, 0.3) is 5.56 Å². The lowest BCUT2D eigenvalue weighted by Gasteiger charge is -2.10. The number of aromatic nitrogens is 5. The zero-order chi connectivity index (χ0) is 33.1. The van der Waals surface area contributed by atoms with Crippen LogP contribution in [-0.2, 0) is 22.6 Å². The van der Waals surface area contributed by atoms with Crippen LogP contribution in [0.15, 0.2) is 59.8 Å². The lowest BCUT2D eigenvalue weighted by molar-refractivity contribution is -0.191. The third-order valence-electron chi connectivity index (χ3n) is 6.88. The predicted octanol–water partition coefficient (Wildman–Crippen LogP) is 4.09. The predicted molar refractivity (Wildman–Crippen MR) is 164 cm³/mol. The minimum atomic E-state index is -0.169. The molecule has 0 unspecified atom stereocenters. The van der Waals surface area contributed by atoms with Gasteiger partial charge >= 0.3 is 6.15 Å². The number of rotatable bonds is 9. The summed E-state index contributed by atoms with van der Waals surface area (Å²) in [5, 5.41) is 8.45. The SMILES string of the molecule is CCc1c(C)cnn1CC(=O)c1ccc(OC)c(OC)c1.COc1ccc(-c2cn3ncc(C)c3c(=O)[nH]2)cc1OC.O=C=O. The van der Waals surface area contributed by atoms with Crippen LogP contribution in [0.25, 0.3) is 16.8 Å². The maximum Gasteiger partial charge on any atom is 0.373 e. The minimum absolute atomic E-state index is 0.00578. The van der Waals surface area contributed by atoms with Crippen molar-refractivity contribution in [2.24, 2.45) is 0 Å². The van der Waals surface area contributed by atoms with E-state index in [4.69, 9.17) is 28.5 Å². The summed E-state index contributed by atoms with van der Waals surface area (Å²) in [5.41, 5.74) is 5.49. The van der Waals surface area contributed by atoms with Crippen LogP contribution in [0, 0.1) is 13.8 Å². The second-order valence-corrected chi connectivity index (χ2v) is 9.55. The van der Waals surface area contributed by atoms with Crippen LogP contribution in [0.1, 0.15) is 34.1 Å². The van der Waals surface area contributed by atoms with Crippen molar-refractivity contribution in [3.63, 3.8) is 0 Å². The van der Waals surface area contributed by atoms with E-state index in [1.807, 2.05) is 26.0 Å². The molecule has 0 aliphatic heterocycles. The van der Waals surface area contributed by atoms with Crippen molar-refractivity contribution in [3.05, 3.63) is 87.7 Å². The Balaban J connectivity index is 0.000000226. The van der Waals surface area contributed by atoms with Gasteiger partial charge in [0.2, 0.25) is 0 Å². The number of hydrogen-bond donors (Lipinski definition) is 1. The fourth-order valence-electron chi connectivity index (χ4n) is 4.65. The fourth-order valence-corrected chi connectivity index (χ4v) is 4.65. The normalized spacial score (nSPS) is 10.1. The van der Waals surface area contributed by atoms with E-state index in [9.17, 15) is 9.59 Å². The lowest BCUT2D eigenvalue weighted by Crippen LogP contribution is -2.14. The molecule has 0 aliphatic rings. The Labute approximate surface area is 259 Å². The number of methoxy groups -OCH3 is 4. The van der Waals surface area contributed by atoms with E-state index in [0.717, 1.165) is 28.8 Å². The summed E-state index contributed by atoms with van der Waals surface area (Å²) in [6.07, 6.45) is 6.35. The first kappa shape index (κ1) is 33.8. The third-order valence-corrected chi connectivity index (χ3v) is 6.88. The number of nitrogens with one attached hydrogen (secondary N) is 1. The molecule has 13 nitrogen and oxygen atoms in total. The molecule has 0 amide bonds. The first-order valence-electron chi connectivity index (χ1n) is 13.7. The third kappa shape index (κ3) is 7.84. The smallest absolute Gasteiger partial charge is 0.373 e. The van der Waals surface area contributed by atoms with E-state index >= 15 is 0 Å². The Hall–Kier alpha value is -5.68. The number of H-pyrrole nitrogens is 1. The van der Waals surface area contributed by atoms with Gasteiger partial charge in [-0.15, -0.1) is 0 Å². The summed E-state index contributed by atoms with van der Waals surface area (Å²) in [6.45, 7) is 6.14. The van der Waals surface area contributed by atoms with Crippen molar-refractivity contribution >= 4 is 17.5 Å². The molecule has 0 saturated carbocycles. The molecule has 0 fully saturated rings. The molecule has 5 aromatic rings. The number of ether oxygens (including phenoxy) is 4. The summed E-state index contributed by atoms with van der Waals surface area (Å²) in [4.78, 5) is 43.7. The number of nitrogens with zero attached hydrogens (tertiary/aromatic N) is 4. The second-order valence-electron chi connectivity index (χ2n) is 9.55. The highest BCUT2D eigenvalue weighted by atomic mass is 16.5. The highest BCUT2D eigenvalue weighted by Crippen LogP contribution is 2.31. The number of aromatic amines is 1. The Kier molecular flexibility index (Phi) is 11.8. The van der Waals surface area contributed by atoms with Gasteiger partial charge in [-0.1, -0.05) is 6.92 Å². The molecule has 3 heterocycles. The van der Waals surface area contributed by atoms with Crippen LogP contribution in [0.3, 0.4) is 0 Å². The van der Waals surface area contributed by atoms with Gasteiger partial charge in [0.1, 0.15) is 12.1 Å². The molecular formula is C32H35N5O8. The topological polar surface area (TPSA) is 156 Å². The van der Waals surface area contributed by atoms with Gasteiger partial charge in [-0.2, -0.15) is 19.8 Å². The molecule has 45 heavy (non-hydrogen) atoms. The first-order valence-corrected chi connectivity index (χ1v) is 13.7. The van der Waals surface area contributed by atoms with Crippen LogP contribution < -0.4 is 24.5 Å². The van der Waals surface area contributed by atoms with E-state index < -0.39 is 0 Å². The van der Waals surface area contributed by atoms with Gasteiger partial charge in [0.15, 0.2) is 28.8 Å². The van der Waals surface area contributed by atoms with Gasteiger partial charge < -0.3 is 23.9 Å². The van der Waals surface area contributed by atoms with Crippen molar-refractivity contribution < 1.29 is 33.3 Å². The van der Waals surface area contributed by atoms with E-state index in [0.29, 0.717) is 39.8 Å². The van der Waals surface area contributed by atoms with Crippen LogP contribution in [0.5, 0.6) is 23.0 Å². The second kappa shape index (κ2) is 15.7. The number of carbonyl (C=O) groups excluding carboxylic acids is 3. The highest BCUT2D eigenvalue weighted by Gasteiger charge is 2.14. The van der Waals surface area contributed by atoms with Crippen LogP contribution in [-0.4, -0.2) is 64.8 Å². The number of Topliss-reactive ketones (excluding diaryl/α,β-unsaturated/α-hetero) is 1. The van der Waals surface area contributed by atoms with Gasteiger partial charge in [-0.25, -0.2) is 4.52 Å². The molecule has 0 bridgehead atoms. The van der Waals surface area contributed by atoms with Crippen molar-refractivity contribution in [1.82, 2.24) is 24.4 Å². The Morgan fingerprint density at radius 1 is 0.844 bits per heavy atom. The van der Waals surface area contributed by atoms with Gasteiger partial charge in [0, 0.05) is 22.4 Å². The molecule has 0 aliphatic carbocycles. The van der Waals surface area contributed by atoms with Crippen molar-refractivity contribution in [1.29, 1.82) is 0 Å². The number of ketones is 1. The minimum Gasteiger partial charge on any atom is -0.493 e. The molecule has 0 spiro atoms. The molecule has 3 aromatic heterocycles. The lowest BCUT2D eigenvalue weighted by atomic mass is 10.1. The van der Waals surface area contributed by atoms with Crippen LogP contribution in [0.2, 0.25) is 0 Å². The number of hydrogen-bond acceptors (Lipinski definition) is 10. The molecule has 13 heteroatoms. The van der Waals surface area contributed by atoms with Gasteiger partial charge in [-0.3, -0.25) is 14.3 Å². The van der Waals surface area contributed by atoms with Gasteiger partial charge in [-0.05, 0) is 62.2 Å². The molecule has 0 radical (unpaired) electrons. The molecule has 236 valence electrons. The Morgan fingerprint density at radius 3 is 2.02 bits per heavy atom. The van der Waals surface area contributed by atoms with Gasteiger partial charge in [0.05, 0.1) is 52.7 Å². The summed E-state index contributed by atoms with van der Waals surface area (Å²) in [7, 11) is 6.28. The molecule has 2 aromatic carbocycles. The number of benzene rings is 2. The Morgan fingerprint density at radius 2 is 1.42 bits per heavy atom. The van der Waals surface area contributed by atoms with Crippen LogP contribution in [0.4, 0.5) is 0 Å². The van der Waals surface area contributed by atoms with Crippen molar-refractivity contribution in [3.8, 4) is 34.3 Å². The molecule has 0 atom stereocenters. The molecule has 0 saturated heterocycles. The monoisotopic (exact) mass is 617 g/mol. The average molecular weight is 618 g/mol. The van der Waals surface area contributed by atoms with E-state index in [1.165, 1.54) is 0 Å². The molecule has 1 N–H and O–H groups in total. The Bertz CT molecular complexity index is 1870. The van der Waals surface area contributed by atoms with E-state index in [1.54, 1.807) is 80.5 Å². The maximum atomic E-state index is 12.4. The summed E-state index contributed by atoms with van der Waals surface area (Å²) < 4.78 is 24.2. The van der Waals surface area contributed by atoms with Crippen molar-refractivity contribution in [2.45, 2.75) is 33.7 Å². The summed E-state index contributed by atoms with van der Waals surface area (Å²) in [6, 6.07) is 10.6. The van der Waals surface area contributed by atoms with Crippen LogP contribution >= 0.6 is 0 Å². The zero-order valence-corrected chi connectivity index (χ0v) is 26.2. The summed E-state index contributed by atoms with van der Waals surface area (Å²) >= 11 is 0. The van der Waals surface area contributed by atoms with E-state index in [-0.39, 0.29) is 24.0 Å². The molecule has 5 rings (SSSR count). The molecular weight excluding hydrogens is 582 g/mol. The number of aryl methyl sites for hydroxylation is 2. The fraction of sp³-hybridized carbons (Fsp3) is 0.281. The van der Waals surface area contributed by atoms with Crippen molar-refractivity contribution in [2.75, 3.05) is 28.4 Å². The first-order chi connectivity index (χ1) is 21.6. The standard InChI is InChI=1S/C16H20N2O3.C15H15N3O3.CO2/c1-5-13-11(2)9-17-18(13)10-14(19)12-6-7-15(20-3)16(8-12)21-4;1-9-7-16-18-8-11(17-15(19)14(9)18)10-4-5-12(20-2)13(6-10)21-3;2-1-3/h6-9H,5,10H2,1-4H3;4-8H,1-3H3,(H,17,19);. The average Bonchev–Trinajstić information content (AvgIpc) is 3.61. The number of carbonyl (C=O) groups is 1. The highest BCUT2D eigenvalue weighted by molar-refractivity contribution is 5.96. The number of fused-ring (bicyclic) bond motifs is 1. The van der Waals surface area contributed by atoms with E-state index in [2.05, 4.69) is 22.1 Å².